The number of rotatable bonds is 4. The first-order valence-corrected chi connectivity index (χ1v) is 6.97. The lowest BCUT2D eigenvalue weighted by Gasteiger charge is -2.41. The van der Waals surface area contributed by atoms with Crippen LogP contribution in [0.3, 0.4) is 0 Å². The number of benzene rings is 1. The van der Waals surface area contributed by atoms with Crippen molar-refractivity contribution in [2.45, 2.75) is 52.1 Å². The van der Waals surface area contributed by atoms with Crippen LogP contribution in [0.2, 0.25) is 0 Å². The molecule has 0 unspecified atom stereocenters. The van der Waals surface area contributed by atoms with Crippen LogP contribution in [0.25, 0.3) is 0 Å². The maximum Gasteiger partial charge on any atom is 0.0406 e. The fraction of sp³-hybridized carbons (Fsp3) is 0.600. The van der Waals surface area contributed by atoms with Crippen LogP contribution in [0, 0.1) is 20.8 Å². The minimum absolute atomic E-state index is 0.214. The SMILES string of the molecule is Cc1cc(C)c(CNC2(CCl)CCC2)c(C)c1. The molecule has 1 fully saturated rings. The Balaban J connectivity index is 2.09. The summed E-state index contributed by atoms with van der Waals surface area (Å²) in [6.07, 6.45) is 3.76. The molecular formula is C15H22ClN. The van der Waals surface area contributed by atoms with Gasteiger partial charge in [-0.25, -0.2) is 0 Å². The lowest BCUT2D eigenvalue weighted by atomic mass is 9.78. The van der Waals surface area contributed by atoms with Crippen molar-refractivity contribution in [3.05, 3.63) is 34.4 Å². The first kappa shape index (κ1) is 12.9. The molecule has 17 heavy (non-hydrogen) atoms. The van der Waals surface area contributed by atoms with Gasteiger partial charge in [0.05, 0.1) is 0 Å². The fourth-order valence-electron chi connectivity index (χ4n) is 2.73. The summed E-state index contributed by atoms with van der Waals surface area (Å²) in [4.78, 5) is 0. The Labute approximate surface area is 110 Å². The second kappa shape index (κ2) is 4.99. The van der Waals surface area contributed by atoms with Crippen LogP contribution < -0.4 is 5.32 Å². The average molecular weight is 252 g/mol. The lowest BCUT2D eigenvalue weighted by molar-refractivity contribution is 0.211. The van der Waals surface area contributed by atoms with Crippen molar-refractivity contribution in [2.24, 2.45) is 0 Å². The smallest absolute Gasteiger partial charge is 0.0406 e. The molecule has 2 rings (SSSR count). The first-order valence-electron chi connectivity index (χ1n) is 6.44. The Morgan fingerprint density at radius 1 is 1.18 bits per heavy atom. The van der Waals surface area contributed by atoms with Gasteiger partial charge < -0.3 is 5.32 Å². The van der Waals surface area contributed by atoms with E-state index in [1.54, 1.807) is 0 Å². The predicted molar refractivity (Wildman–Crippen MR) is 74.8 cm³/mol. The van der Waals surface area contributed by atoms with Crippen LogP contribution in [-0.4, -0.2) is 11.4 Å². The topological polar surface area (TPSA) is 12.0 Å². The highest BCUT2D eigenvalue weighted by atomic mass is 35.5. The molecule has 2 heteroatoms. The maximum atomic E-state index is 6.07. The zero-order valence-corrected chi connectivity index (χ0v) is 11.8. The molecule has 94 valence electrons. The number of halogens is 1. The van der Waals surface area contributed by atoms with E-state index in [-0.39, 0.29) is 5.54 Å². The summed E-state index contributed by atoms with van der Waals surface area (Å²) in [5, 5.41) is 3.67. The van der Waals surface area contributed by atoms with Crippen molar-refractivity contribution in [1.82, 2.24) is 5.32 Å². The van der Waals surface area contributed by atoms with E-state index < -0.39 is 0 Å². The third-order valence-corrected chi connectivity index (χ3v) is 4.56. The second-order valence-electron chi connectivity index (χ2n) is 5.50. The summed E-state index contributed by atoms with van der Waals surface area (Å²) in [6.45, 7) is 7.50. The van der Waals surface area contributed by atoms with E-state index in [0.29, 0.717) is 0 Å². The molecule has 0 atom stereocenters. The Bertz CT molecular complexity index is 379. The molecule has 1 nitrogen and oxygen atoms in total. The quantitative estimate of drug-likeness (QED) is 0.802. The van der Waals surface area contributed by atoms with Crippen molar-refractivity contribution in [3.8, 4) is 0 Å². The van der Waals surface area contributed by atoms with Crippen LogP contribution in [0.15, 0.2) is 12.1 Å². The van der Waals surface area contributed by atoms with Gasteiger partial charge in [-0.05, 0) is 56.7 Å². The van der Waals surface area contributed by atoms with Crippen molar-refractivity contribution in [2.75, 3.05) is 5.88 Å². The third-order valence-electron chi connectivity index (χ3n) is 4.05. The Kier molecular flexibility index (Phi) is 3.79. The molecular weight excluding hydrogens is 230 g/mol. The van der Waals surface area contributed by atoms with Crippen molar-refractivity contribution in [3.63, 3.8) is 0 Å². The highest BCUT2D eigenvalue weighted by molar-refractivity contribution is 6.18. The Morgan fingerprint density at radius 3 is 2.18 bits per heavy atom. The lowest BCUT2D eigenvalue weighted by Crippen LogP contribution is -2.52. The molecule has 0 saturated heterocycles. The molecule has 0 radical (unpaired) electrons. The molecule has 0 aliphatic heterocycles. The molecule has 1 aliphatic rings. The van der Waals surface area contributed by atoms with Gasteiger partial charge in [0.2, 0.25) is 0 Å². The van der Waals surface area contributed by atoms with E-state index in [2.05, 4.69) is 38.2 Å². The molecule has 0 aromatic heterocycles. The summed E-state index contributed by atoms with van der Waals surface area (Å²) >= 11 is 6.07. The van der Waals surface area contributed by atoms with Crippen molar-refractivity contribution < 1.29 is 0 Å². The van der Waals surface area contributed by atoms with Gasteiger partial charge in [-0.1, -0.05) is 17.7 Å². The number of hydrogen-bond acceptors (Lipinski definition) is 1. The number of hydrogen-bond donors (Lipinski definition) is 1. The van der Waals surface area contributed by atoms with Gasteiger partial charge in [-0.15, -0.1) is 11.6 Å². The van der Waals surface area contributed by atoms with Crippen LogP contribution >= 0.6 is 11.6 Å². The second-order valence-corrected chi connectivity index (χ2v) is 5.77. The van der Waals surface area contributed by atoms with Gasteiger partial charge >= 0.3 is 0 Å². The molecule has 0 bridgehead atoms. The van der Waals surface area contributed by atoms with Gasteiger partial charge in [0.25, 0.3) is 0 Å². The molecule has 0 amide bonds. The van der Waals surface area contributed by atoms with Gasteiger partial charge in [0, 0.05) is 18.0 Å². The molecule has 0 heterocycles. The number of alkyl halides is 1. The minimum atomic E-state index is 0.214. The van der Waals surface area contributed by atoms with Crippen molar-refractivity contribution in [1.29, 1.82) is 0 Å². The van der Waals surface area contributed by atoms with Crippen LogP contribution in [0.4, 0.5) is 0 Å². The van der Waals surface area contributed by atoms with E-state index >= 15 is 0 Å². The van der Waals surface area contributed by atoms with E-state index in [0.717, 1.165) is 12.4 Å². The van der Waals surface area contributed by atoms with E-state index in [4.69, 9.17) is 11.6 Å². The summed E-state index contributed by atoms with van der Waals surface area (Å²) in [5.74, 6) is 0.733. The molecule has 0 spiro atoms. The number of nitrogens with one attached hydrogen (secondary N) is 1. The standard InChI is InChI=1S/C15H22ClN/c1-11-7-12(2)14(13(3)8-11)9-17-15(10-16)5-4-6-15/h7-8,17H,4-6,9-10H2,1-3H3. The first-order chi connectivity index (χ1) is 8.06. The Hall–Kier alpha value is -0.530. The zero-order chi connectivity index (χ0) is 12.5. The van der Waals surface area contributed by atoms with Crippen LogP contribution in [0.1, 0.15) is 41.5 Å². The van der Waals surface area contributed by atoms with E-state index in [1.165, 1.54) is 41.5 Å². The summed E-state index contributed by atoms with van der Waals surface area (Å²) in [7, 11) is 0. The molecule has 1 aromatic rings. The number of aryl methyl sites for hydroxylation is 3. The van der Waals surface area contributed by atoms with Gasteiger partial charge in [-0.2, -0.15) is 0 Å². The van der Waals surface area contributed by atoms with Crippen LogP contribution in [-0.2, 0) is 6.54 Å². The average Bonchev–Trinajstić information content (AvgIpc) is 2.19. The predicted octanol–water partition coefficient (Wildman–Crippen LogP) is 3.86. The maximum absolute atomic E-state index is 6.07. The zero-order valence-electron chi connectivity index (χ0n) is 11.1. The van der Waals surface area contributed by atoms with E-state index in [9.17, 15) is 0 Å². The monoisotopic (exact) mass is 251 g/mol. The summed E-state index contributed by atoms with van der Waals surface area (Å²) < 4.78 is 0. The molecule has 1 N–H and O–H groups in total. The van der Waals surface area contributed by atoms with Gasteiger partial charge in [0.1, 0.15) is 0 Å². The summed E-state index contributed by atoms with van der Waals surface area (Å²) in [5.41, 5.74) is 5.77. The Morgan fingerprint density at radius 2 is 1.76 bits per heavy atom. The fourth-order valence-corrected chi connectivity index (χ4v) is 3.09. The molecule has 1 aliphatic carbocycles. The third kappa shape index (κ3) is 2.66. The van der Waals surface area contributed by atoms with E-state index in [1.807, 2.05) is 0 Å². The highest BCUT2D eigenvalue weighted by Gasteiger charge is 2.35. The van der Waals surface area contributed by atoms with Crippen molar-refractivity contribution >= 4 is 11.6 Å². The van der Waals surface area contributed by atoms with Gasteiger partial charge in [-0.3, -0.25) is 0 Å². The molecule has 1 saturated carbocycles. The normalized spacial score (nSPS) is 17.9. The molecule has 1 aromatic carbocycles. The highest BCUT2D eigenvalue weighted by Crippen LogP contribution is 2.33. The van der Waals surface area contributed by atoms with Crippen LogP contribution in [0.5, 0.6) is 0 Å². The summed E-state index contributed by atoms with van der Waals surface area (Å²) in [6, 6.07) is 4.52. The largest absolute Gasteiger partial charge is 0.306 e. The minimum Gasteiger partial charge on any atom is -0.306 e. The van der Waals surface area contributed by atoms with Gasteiger partial charge in [0.15, 0.2) is 0 Å².